The van der Waals surface area contributed by atoms with Gasteiger partial charge in [-0.25, -0.2) is 0 Å². The maximum atomic E-state index is 11.6. The third-order valence-electron chi connectivity index (χ3n) is 2.22. The average molecular weight is 290 g/mol. The van der Waals surface area contributed by atoms with Crippen molar-refractivity contribution in [2.75, 3.05) is 23.4 Å². The Hall–Kier alpha value is -0.750. The Morgan fingerprint density at radius 3 is 2.89 bits per heavy atom. The van der Waals surface area contributed by atoms with Crippen molar-refractivity contribution in [2.24, 2.45) is 0 Å². The van der Waals surface area contributed by atoms with Gasteiger partial charge in [-0.3, -0.25) is 4.79 Å². The molecule has 0 spiro atoms. The van der Waals surface area contributed by atoms with Crippen molar-refractivity contribution in [2.45, 2.75) is 13.0 Å². The molecule has 18 heavy (non-hydrogen) atoms. The largest absolute Gasteiger partial charge is 0.394 e. The summed E-state index contributed by atoms with van der Waals surface area (Å²) in [5.41, 5.74) is 1.63. The summed E-state index contributed by atoms with van der Waals surface area (Å²) in [5.74, 6) is 0.429. The first-order chi connectivity index (χ1) is 8.52. The van der Waals surface area contributed by atoms with Crippen LogP contribution in [0.4, 0.5) is 5.69 Å². The summed E-state index contributed by atoms with van der Waals surface area (Å²) in [5, 5.41) is 21.1. The molecule has 1 rings (SSSR count). The molecular formula is C12H16ClNO3S. The highest BCUT2D eigenvalue weighted by atomic mass is 35.5. The van der Waals surface area contributed by atoms with Gasteiger partial charge in [-0.1, -0.05) is 11.6 Å². The Balaban J connectivity index is 2.40. The van der Waals surface area contributed by atoms with Crippen LogP contribution < -0.4 is 5.32 Å². The minimum atomic E-state index is -0.778. The monoisotopic (exact) mass is 289 g/mol. The summed E-state index contributed by atoms with van der Waals surface area (Å²) in [4.78, 5) is 11.6. The van der Waals surface area contributed by atoms with Gasteiger partial charge in [0.1, 0.15) is 0 Å². The molecule has 6 heteroatoms. The van der Waals surface area contributed by atoms with Crippen LogP contribution in [-0.2, 0) is 4.79 Å². The Morgan fingerprint density at radius 1 is 1.56 bits per heavy atom. The molecule has 0 fully saturated rings. The lowest BCUT2D eigenvalue weighted by Crippen LogP contribution is -2.19. The van der Waals surface area contributed by atoms with E-state index < -0.39 is 6.10 Å². The zero-order valence-corrected chi connectivity index (χ0v) is 11.6. The normalized spacial score (nSPS) is 12.2. The highest BCUT2D eigenvalue weighted by Crippen LogP contribution is 2.19. The molecule has 0 heterocycles. The molecule has 1 unspecified atom stereocenters. The summed E-state index contributed by atoms with van der Waals surface area (Å²) in [6.45, 7) is 1.58. The first-order valence-electron chi connectivity index (χ1n) is 5.45. The molecule has 1 atom stereocenters. The maximum absolute atomic E-state index is 11.6. The molecule has 0 aliphatic rings. The van der Waals surface area contributed by atoms with E-state index in [2.05, 4.69) is 5.32 Å². The van der Waals surface area contributed by atoms with Gasteiger partial charge in [0.05, 0.1) is 18.5 Å². The van der Waals surface area contributed by atoms with Crippen LogP contribution in [0.5, 0.6) is 0 Å². The molecule has 3 N–H and O–H groups in total. The summed E-state index contributed by atoms with van der Waals surface area (Å²) >= 11 is 7.09. The number of hydrogen-bond acceptors (Lipinski definition) is 4. The Morgan fingerprint density at radius 2 is 2.28 bits per heavy atom. The summed E-state index contributed by atoms with van der Waals surface area (Å²) in [7, 11) is 0. The quantitative estimate of drug-likeness (QED) is 0.745. The molecule has 0 aliphatic carbocycles. The third-order valence-corrected chi connectivity index (χ3v) is 3.54. The summed E-state index contributed by atoms with van der Waals surface area (Å²) in [6.07, 6.45) is -0.778. The lowest BCUT2D eigenvalue weighted by atomic mass is 10.2. The molecule has 4 nitrogen and oxygen atoms in total. The zero-order valence-electron chi connectivity index (χ0n) is 10.0. The molecule has 100 valence electrons. The first-order valence-corrected chi connectivity index (χ1v) is 6.99. The second-order valence-corrected chi connectivity index (χ2v) is 5.33. The van der Waals surface area contributed by atoms with E-state index in [1.807, 2.05) is 6.92 Å². The maximum Gasteiger partial charge on any atom is 0.234 e. The third kappa shape index (κ3) is 5.27. The highest BCUT2D eigenvalue weighted by Gasteiger charge is 2.07. The van der Waals surface area contributed by atoms with Crippen LogP contribution in [0.15, 0.2) is 18.2 Å². The second-order valence-electron chi connectivity index (χ2n) is 3.86. The fourth-order valence-electron chi connectivity index (χ4n) is 1.29. The number of carbonyl (C=O) groups excluding carboxylic acids is 1. The standard InChI is InChI=1S/C12H16ClNO3S/c1-8-4-9(13)2-3-11(8)14-12(17)7-18-6-10(16)5-15/h2-4,10,15-16H,5-7H2,1H3,(H,14,17). The molecule has 0 saturated carbocycles. The van der Waals surface area contributed by atoms with Gasteiger partial charge in [-0.15, -0.1) is 11.8 Å². The lowest BCUT2D eigenvalue weighted by Gasteiger charge is -2.09. The van der Waals surface area contributed by atoms with Gasteiger partial charge >= 0.3 is 0 Å². The Kier molecular flexibility index (Phi) is 6.49. The van der Waals surface area contributed by atoms with E-state index >= 15 is 0 Å². The van der Waals surface area contributed by atoms with Crippen molar-refractivity contribution >= 4 is 35.0 Å². The number of aryl methyl sites for hydroxylation is 1. The van der Waals surface area contributed by atoms with Gasteiger partial charge in [0, 0.05) is 16.5 Å². The SMILES string of the molecule is Cc1cc(Cl)ccc1NC(=O)CSCC(O)CO. The molecule has 1 aromatic rings. The van der Waals surface area contributed by atoms with E-state index in [4.69, 9.17) is 21.8 Å². The molecule has 0 saturated heterocycles. The average Bonchev–Trinajstić information content (AvgIpc) is 2.32. The van der Waals surface area contributed by atoms with Crippen LogP contribution in [0.2, 0.25) is 5.02 Å². The van der Waals surface area contributed by atoms with Crippen molar-refractivity contribution in [3.8, 4) is 0 Å². The number of thioether (sulfide) groups is 1. The Labute approximate surface area is 115 Å². The number of halogens is 1. The van der Waals surface area contributed by atoms with Crippen LogP contribution in [0.25, 0.3) is 0 Å². The topological polar surface area (TPSA) is 69.6 Å². The van der Waals surface area contributed by atoms with Crippen LogP contribution in [0, 0.1) is 6.92 Å². The van der Waals surface area contributed by atoms with Crippen molar-refractivity contribution in [3.05, 3.63) is 28.8 Å². The van der Waals surface area contributed by atoms with Crippen LogP contribution >= 0.6 is 23.4 Å². The number of anilines is 1. The van der Waals surface area contributed by atoms with Gasteiger partial charge in [0.15, 0.2) is 0 Å². The molecule has 0 aromatic heterocycles. The van der Waals surface area contributed by atoms with Crippen LogP contribution in [-0.4, -0.2) is 40.3 Å². The fourth-order valence-corrected chi connectivity index (χ4v) is 2.27. The Bertz CT molecular complexity index is 414. The number of rotatable bonds is 6. The molecule has 0 bridgehead atoms. The number of hydrogen-bond donors (Lipinski definition) is 3. The molecule has 1 aromatic carbocycles. The number of aliphatic hydroxyl groups excluding tert-OH is 2. The first kappa shape index (κ1) is 15.3. The van der Waals surface area contributed by atoms with E-state index in [9.17, 15) is 4.79 Å². The number of carbonyl (C=O) groups is 1. The molecule has 0 aliphatic heterocycles. The highest BCUT2D eigenvalue weighted by molar-refractivity contribution is 8.00. The van der Waals surface area contributed by atoms with E-state index in [0.29, 0.717) is 10.8 Å². The van der Waals surface area contributed by atoms with E-state index in [1.165, 1.54) is 11.8 Å². The van der Waals surface area contributed by atoms with Gasteiger partial charge < -0.3 is 15.5 Å². The number of aliphatic hydroxyl groups is 2. The van der Waals surface area contributed by atoms with Gasteiger partial charge in [0.25, 0.3) is 0 Å². The van der Waals surface area contributed by atoms with Gasteiger partial charge in [0.2, 0.25) is 5.91 Å². The van der Waals surface area contributed by atoms with Crippen LogP contribution in [0.3, 0.4) is 0 Å². The zero-order chi connectivity index (χ0) is 13.5. The van der Waals surface area contributed by atoms with Gasteiger partial charge in [-0.2, -0.15) is 0 Å². The van der Waals surface area contributed by atoms with Crippen molar-refractivity contribution in [1.82, 2.24) is 0 Å². The van der Waals surface area contributed by atoms with Crippen molar-refractivity contribution in [1.29, 1.82) is 0 Å². The predicted molar refractivity (Wildman–Crippen MR) is 75.2 cm³/mol. The second kappa shape index (κ2) is 7.63. The van der Waals surface area contributed by atoms with E-state index in [0.717, 1.165) is 11.3 Å². The summed E-state index contributed by atoms with van der Waals surface area (Å²) < 4.78 is 0. The van der Waals surface area contributed by atoms with E-state index in [-0.39, 0.29) is 18.3 Å². The molecule has 1 amide bonds. The minimum Gasteiger partial charge on any atom is -0.394 e. The minimum absolute atomic E-state index is 0.143. The fraction of sp³-hybridized carbons (Fsp3) is 0.417. The predicted octanol–water partition coefficient (Wildman–Crippen LogP) is 1.67. The summed E-state index contributed by atoms with van der Waals surface area (Å²) in [6, 6.07) is 5.25. The van der Waals surface area contributed by atoms with E-state index in [1.54, 1.807) is 18.2 Å². The molecular weight excluding hydrogens is 274 g/mol. The van der Waals surface area contributed by atoms with Crippen molar-refractivity contribution in [3.63, 3.8) is 0 Å². The lowest BCUT2D eigenvalue weighted by molar-refractivity contribution is -0.113. The number of nitrogens with one attached hydrogen (secondary N) is 1. The smallest absolute Gasteiger partial charge is 0.234 e. The number of amides is 1. The van der Waals surface area contributed by atoms with Gasteiger partial charge in [-0.05, 0) is 30.7 Å². The van der Waals surface area contributed by atoms with Crippen molar-refractivity contribution < 1.29 is 15.0 Å². The number of benzene rings is 1. The van der Waals surface area contributed by atoms with Crippen LogP contribution in [0.1, 0.15) is 5.56 Å². The molecule has 0 radical (unpaired) electrons.